The van der Waals surface area contributed by atoms with Crippen LogP contribution in [0, 0.1) is 11.7 Å². The molecule has 1 fully saturated rings. The Bertz CT molecular complexity index is 1030. The molecule has 4 rings (SSSR count). The van der Waals surface area contributed by atoms with Crippen molar-refractivity contribution in [3.05, 3.63) is 54.2 Å². The van der Waals surface area contributed by atoms with Crippen LogP contribution in [0.25, 0.3) is 22.2 Å². The van der Waals surface area contributed by atoms with Crippen molar-refractivity contribution >= 4 is 16.9 Å². The summed E-state index contributed by atoms with van der Waals surface area (Å²) in [5.74, 6) is -0.757. The van der Waals surface area contributed by atoms with Gasteiger partial charge in [-0.25, -0.2) is 4.39 Å². The van der Waals surface area contributed by atoms with E-state index in [1.165, 1.54) is 12.1 Å². The van der Waals surface area contributed by atoms with E-state index in [2.05, 4.69) is 10.3 Å². The van der Waals surface area contributed by atoms with E-state index in [-0.39, 0.29) is 17.5 Å². The maximum Gasteiger partial charge on any atom is 0.254 e. The van der Waals surface area contributed by atoms with Crippen molar-refractivity contribution in [2.24, 2.45) is 5.92 Å². The van der Waals surface area contributed by atoms with Crippen molar-refractivity contribution in [2.75, 3.05) is 0 Å². The van der Waals surface area contributed by atoms with Crippen molar-refractivity contribution in [2.45, 2.75) is 51.2 Å². The smallest absolute Gasteiger partial charge is 0.254 e. The first-order chi connectivity index (χ1) is 13.8. The Labute approximate surface area is 168 Å². The van der Waals surface area contributed by atoms with Crippen LogP contribution in [0.1, 0.15) is 49.9 Å². The highest BCUT2D eigenvalue weighted by Crippen LogP contribution is 2.33. The number of aromatic nitrogens is 1. The normalized spacial score (nSPS) is 20.0. The van der Waals surface area contributed by atoms with Gasteiger partial charge in [0.15, 0.2) is 0 Å². The van der Waals surface area contributed by atoms with E-state index in [4.69, 9.17) is 4.42 Å². The summed E-state index contributed by atoms with van der Waals surface area (Å²) in [6, 6.07) is 8.10. The number of halogens is 1. The summed E-state index contributed by atoms with van der Waals surface area (Å²) in [4.78, 5) is 16.9. The van der Waals surface area contributed by atoms with Crippen molar-refractivity contribution in [3.8, 4) is 11.3 Å². The number of hydrogen-bond donors (Lipinski definition) is 2. The standard InChI is InChI=1S/C23H25FN2O3/c1-23(2,28)15-4-6-16(7-5-15)26-22(27)17-8-3-14(13-19(17)24)21-18-10-12-29-20(18)9-11-25-21/h3,8-13,15-16,28H,4-7H2,1-2H3,(H,26,27). The third-order valence-electron chi connectivity index (χ3n) is 5.93. The van der Waals surface area contributed by atoms with Crippen molar-refractivity contribution in [1.29, 1.82) is 0 Å². The third kappa shape index (κ3) is 4.03. The van der Waals surface area contributed by atoms with Crippen LogP contribution in [0.5, 0.6) is 0 Å². The van der Waals surface area contributed by atoms with Gasteiger partial charge in [-0.2, -0.15) is 0 Å². The molecule has 0 atom stereocenters. The summed E-state index contributed by atoms with van der Waals surface area (Å²) in [6.45, 7) is 3.65. The van der Waals surface area contributed by atoms with Gasteiger partial charge in [0, 0.05) is 23.2 Å². The van der Waals surface area contributed by atoms with Crippen molar-refractivity contribution in [3.63, 3.8) is 0 Å². The fraction of sp³-hybridized carbons (Fsp3) is 0.391. The van der Waals surface area contributed by atoms with Gasteiger partial charge in [0.25, 0.3) is 5.91 Å². The molecule has 6 heteroatoms. The molecule has 0 bridgehead atoms. The first-order valence-electron chi connectivity index (χ1n) is 9.98. The van der Waals surface area contributed by atoms with E-state index in [0.29, 0.717) is 16.8 Å². The average molecular weight is 396 g/mol. The molecule has 1 aliphatic rings. The lowest BCUT2D eigenvalue weighted by Crippen LogP contribution is -2.42. The quantitative estimate of drug-likeness (QED) is 0.671. The Hall–Kier alpha value is -2.73. The number of benzene rings is 1. The highest BCUT2D eigenvalue weighted by molar-refractivity contribution is 5.96. The summed E-state index contributed by atoms with van der Waals surface area (Å²) in [6.07, 6.45) is 6.44. The van der Waals surface area contributed by atoms with E-state index < -0.39 is 17.3 Å². The van der Waals surface area contributed by atoms with Crippen LogP contribution < -0.4 is 5.32 Å². The van der Waals surface area contributed by atoms with E-state index in [0.717, 1.165) is 31.1 Å². The number of carbonyl (C=O) groups is 1. The number of amides is 1. The van der Waals surface area contributed by atoms with Crippen LogP contribution in [0.3, 0.4) is 0 Å². The van der Waals surface area contributed by atoms with Gasteiger partial charge in [-0.15, -0.1) is 0 Å². The molecule has 1 saturated carbocycles. The Morgan fingerprint density at radius 1 is 1.21 bits per heavy atom. The molecule has 2 aromatic heterocycles. The molecule has 1 aromatic carbocycles. The second-order valence-electron chi connectivity index (χ2n) is 8.36. The zero-order valence-electron chi connectivity index (χ0n) is 16.6. The molecule has 29 heavy (non-hydrogen) atoms. The Morgan fingerprint density at radius 3 is 2.66 bits per heavy atom. The van der Waals surface area contributed by atoms with Gasteiger partial charge in [0.05, 0.1) is 23.1 Å². The van der Waals surface area contributed by atoms with Gasteiger partial charge in [-0.3, -0.25) is 9.78 Å². The summed E-state index contributed by atoms with van der Waals surface area (Å²) in [7, 11) is 0. The molecule has 2 N–H and O–H groups in total. The van der Waals surface area contributed by atoms with E-state index in [1.54, 1.807) is 30.7 Å². The molecule has 5 nitrogen and oxygen atoms in total. The van der Waals surface area contributed by atoms with Crippen LogP contribution >= 0.6 is 0 Å². The topological polar surface area (TPSA) is 75.4 Å². The Balaban J connectivity index is 1.47. The second-order valence-corrected chi connectivity index (χ2v) is 8.36. The summed E-state index contributed by atoms with van der Waals surface area (Å²) >= 11 is 0. The van der Waals surface area contributed by atoms with Gasteiger partial charge in [0.2, 0.25) is 0 Å². The van der Waals surface area contributed by atoms with Crippen LogP contribution in [0.2, 0.25) is 0 Å². The van der Waals surface area contributed by atoms with Crippen molar-refractivity contribution in [1.82, 2.24) is 10.3 Å². The van der Waals surface area contributed by atoms with E-state index >= 15 is 0 Å². The molecule has 3 aromatic rings. The highest BCUT2D eigenvalue weighted by atomic mass is 19.1. The monoisotopic (exact) mass is 396 g/mol. The van der Waals surface area contributed by atoms with Crippen LogP contribution in [0.15, 0.2) is 47.2 Å². The molecule has 1 aliphatic carbocycles. The maximum atomic E-state index is 14.7. The SMILES string of the molecule is CC(C)(O)C1CCC(NC(=O)c2ccc(-c3nccc4occc34)cc2F)CC1. The third-order valence-corrected chi connectivity index (χ3v) is 5.93. The minimum atomic E-state index is -0.706. The molecule has 0 radical (unpaired) electrons. The maximum absolute atomic E-state index is 14.7. The number of carbonyl (C=O) groups excluding carboxylic acids is 1. The fourth-order valence-corrected chi connectivity index (χ4v) is 4.18. The number of nitrogens with zero attached hydrogens (tertiary/aromatic N) is 1. The second kappa shape index (κ2) is 7.59. The summed E-state index contributed by atoms with van der Waals surface area (Å²) in [5.41, 5.74) is 1.21. The largest absolute Gasteiger partial charge is 0.464 e. The first-order valence-corrected chi connectivity index (χ1v) is 9.98. The molecule has 0 aliphatic heterocycles. The van der Waals surface area contributed by atoms with Crippen LogP contribution in [0.4, 0.5) is 4.39 Å². The van der Waals surface area contributed by atoms with Crippen LogP contribution in [-0.2, 0) is 0 Å². The molecule has 2 heterocycles. The van der Waals surface area contributed by atoms with Gasteiger partial charge >= 0.3 is 0 Å². The number of nitrogens with one attached hydrogen (secondary N) is 1. The number of furan rings is 1. The molecular weight excluding hydrogens is 371 g/mol. The van der Waals surface area contributed by atoms with Crippen LogP contribution in [-0.4, -0.2) is 27.6 Å². The van der Waals surface area contributed by atoms with Gasteiger partial charge < -0.3 is 14.8 Å². The number of aliphatic hydroxyl groups is 1. The number of pyridine rings is 1. The minimum absolute atomic E-state index is 0.00141. The summed E-state index contributed by atoms with van der Waals surface area (Å²) < 4.78 is 20.1. The molecule has 0 unspecified atom stereocenters. The molecular formula is C23H25FN2O3. The summed E-state index contributed by atoms with van der Waals surface area (Å²) in [5, 5.41) is 13.9. The Kier molecular flexibility index (Phi) is 5.13. The lowest BCUT2D eigenvalue weighted by molar-refractivity contribution is -0.00257. The highest BCUT2D eigenvalue weighted by Gasteiger charge is 2.32. The van der Waals surface area contributed by atoms with Gasteiger partial charge in [0.1, 0.15) is 11.4 Å². The van der Waals surface area contributed by atoms with E-state index in [1.807, 2.05) is 13.8 Å². The molecule has 0 spiro atoms. The average Bonchev–Trinajstić information content (AvgIpc) is 3.16. The fourth-order valence-electron chi connectivity index (χ4n) is 4.18. The lowest BCUT2D eigenvalue weighted by atomic mass is 9.77. The predicted molar refractivity (Wildman–Crippen MR) is 109 cm³/mol. The predicted octanol–water partition coefficient (Wildman–Crippen LogP) is 4.69. The van der Waals surface area contributed by atoms with Crippen molar-refractivity contribution < 1.29 is 18.7 Å². The number of fused-ring (bicyclic) bond motifs is 1. The lowest BCUT2D eigenvalue weighted by Gasteiger charge is -2.36. The van der Waals surface area contributed by atoms with Gasteiger partial charge in [-0.1, -0.05) is 6.07 Å². The molecule has 1 amide bonds. The Morgan fingerprint density at radius 2 is 1.97 bits per heavy atom. The zero-order chi connectivity index (χ0) is 20.6. The number of rotatable bonds is 4. The van der Waals surface area contributed by atoms with E-state index in [9.17, 15) is 14.3 Å². The van der Waals surface area contributed by atoms with Gasteiger partial charge in [-0.05, 0) is 69.7 Å². The first kappa shape index (κ1) is 19.6. The minimum Gasteiger partial charge on any atom is -0.464 e. The molecule has 0 saturated heterocycles. The molecule has 152 valence electrons. The number of hydrogen-bond acceptors (Lipinski definition) is 4. The zero-order valence-corrected chi connectivity index (χ0v) is 16.6.